The molecule has 6 aliphatic rings. The van der Waals surface area contributed by atoms with E-state index in [1.54, 1.807) is 0 Å². The van der Waals surface area contributed by atoms with Crippen LogP contribution in [0.25, 0.3) is 0 Å². The fraction of sp³-hybridized carbons (Fsp3) is 0.579. The zero-order chi connectivity index (χ0) is 29.3. The van der Waals surface area contributed by atoms with E-state index < -0.39 is 0 Å². The third kappa shape index (κ3) is 6.36. The highest BCUT2D eigenvalue weighted by Gasteiger charge is 2.40. The molecule has 4 heteroatoms. The highest BCUT2D eigenvalue weighted by atomic mass is 15.3. The van der Waals surface area contributed by atoms with Gasteiger partial charge in [0.25, 0.3) is 0 Å². The first kappa shape index (κ1) is 29.5. The van der Waals surface area contributed by atoms with E-state index in [9.17, 15) is 0 Å². The predicted octanol–water partition coefficient (Wildman–Crippen LogP) is 7.69. The van der Waals surface area contributed by atoms with Gasteiger partial charge in [0.15, 0.2) is 0 Å². The second kappa shape index (κ2) is 12.6. The molecule has 0 spiro atoms. The van der Waals surface area contributed by atoms with Crippen molar-refractivity contribution in [1.29, 1.82) is 0 Å². The van der Waals surface area contributed by atoms with Gasteiger partial charge in [0.2, 0.25) is 0 Å². The molecule has 42 heavy (non-hydrogen) atoms. The van der Waals surface area contributed by atoms with Crippen LogP contribution in [0.3, 0.4) is 0 Å². The molecule has 9 unspecified atom stereocenters. The van der Waals surface area contributed by atoms with Gasteiger partial charge in [0, 0.05) is 34.8 Å². The summed E-state index contributed by atoms with van der Waals surface area (Å²) in [6.45, 7) is 9.42. The quantitative estimate of drug-likeness (QED) is 0.249. The number of nitrogens with two attached hydrogens (primary N) is 1. The van der Waals surface area contributed by atoms with Crippen molar-refractivity contribution in [2.75, 3.05) is 0 Å². The van der Waals surface area contributed by atoms with Crippen molar-refractivity contribution >= 4 is 0 Å². The summed E-state index contributed by atoms with van der Waals surface area (Å²) >= 11 is 0. The number of hydrogen-bond acceptors (Lipinski definition) is 4. The molecule has 0 aromatic carbocycles. The van der Waals surface area contributed by atoms with Crippen molar-refractivity contribution in [3.8, 4) is 0 Å². The number of rotatable bonds is 6. The van der Waals surface area contributed by atoms with Gasteiger partial charge in [-0.25, -0.2) is 0 Å². The van der Waals surface area contributed by atoms with E-state index in [0.29, 0.717) is 35.6 Å². The number of nitrogens with one attached hydrogen (secondary N) is 3. The maximum absolute atomic E-state index is 7.25. The highest BCUT2D eigenvalue weighted by molar-refractivity contribution is 5.43. The summed E-state index contributed by atoms with van der Waals surface area (Å²) in [5, 5.41) is 12.1. The van der Waals surface area contributed by atoms with E-state index >= 15 is 0 Å². The van der Waals surface area contributed by atoms with Gasteiger partial charge in [-0.1, -0.05) is 88.5 Å². The maximum Gasteiger partial charge on any atom is 0.133 e. The zero-order valence-electron chi connectivity index (χ0n) is 26.4. The van der Waals surface area contributed by atoms with E-state index in [-0.39, 0.29) is 17.7 Å². The third-order valence-corrected chi connectivity index (χ3v) is 10.9. The molecule has 0 aromatic heterocycles. The van der Waals surface area contributed by atoms with Gasteiger partial charge in [-0.05, 0) is 104 Å². The van der Waals surface area contributed by atoms with Crippen molar-refractivity contribution in [2.24, 2.45) is 40.7 Å². The first-order chi connectivity index (χ1) is 20.3. The van der Waals surface area contributed by atoms with E-state index in [4.69, 9.17) is 5.73 Å². The van der Waals surface area contributed by atoms with Crippen molar-refractivity contribution < 1.29 is 0 Å². The molecule has 5 aliphatic carbocycles. The Hall–Kier alpha value is -2.56. The summed E-state index contributed by atoms with van der Waals surface area (Å²) in [5.41, 5.74) is 14.1. The smallest absolute Gasteiger partial charge is 0.133 e. The standard InChI is InChI=1S/C38H54N4/c1-25-14-16-28(17-15-25)35-32(19-18-31(36(35)39)29-12-8-10-26(2)22-29)40-37-41-33(30-13-9-11-27(3)23-30)24-34(42-37)38(4)20-6-5-7-21-38/h5-8,10,12,14,16,20,23-28,32,34-35,37,40-42H,9,11,13,15,17-19,21-22,39H2,1-4H3. The van der Waals surface area contributed by atoms with Gasteiger partial charge in [0.1, 0.15) is 6.29 Å². The van der Waals surface area contributed by atoms with Gasteiger partial charge in [-0.3, -0.25) is 10.6 Å². The summed E-state index contributed by atoms with van der Waals surface area (Å²) in [6.07, 6.45) is 36.4. The van der Waals surface area contributed by atoms with Gasteiger partial charge in [-0.15, -0.1) is 0 Å². The molecule has 4 nitrogen and oxygen atoms in total. The summed E-state index contributed by atoms with van der Waals surface area (Å²) in [7, 11) is 0. The van der Waals surface area contributed by atoms with Crippen molar-refractivity contribution in [1.82, 2.24) is 16.0 Å². The molecule has 0 radical (unpaired) electrons. The molecule has 6 rings (SSSR count). The molecule has 0 saturated carbocycles. The molecule has 1 heterocycles. The van der Waals surface area contributed by atoms with Gasteiger partial charge < -0.3 is 11.1 Å². The molecule has 226 valence electrons. The van der Waals surface area contributed by atoms with Crippen LogP contribution < -0.4 is 21.7 Å². The Bertz CT molecular complexity index is 1260. The predicted molar refractivity (Wildman–Crippen MR) is 177 cm³/mol. The lowest BCUT2D eigenvalue weighted by Crippen LogP contribution is -2.65. The van der Waals surface area contributed by atoms with Crippen molar-refractivity contribution in [2.45, 2.75) is 104 Å². The molecule has 0 aromatic rings. The molecular weight excluding hydrogens is 512 g/mol. The van der Waals surface area contributed by atoms with Crippen LogP contribution in [0.5, 0.6) is 0 Å². The van der Waals surface area contributed by atoms with E-state index in [2.05, 4.69) is 110 Å². The van der Waals surface area contributed by atoms with Crippen LogP contribution >= 0.6 is 0 Å². The lowest BCUT2D eigenvalue weighted by atomic mass is 9.70. The fourth-order valence-corrected chi connectivity index (χ4v) is 8.30. The molecule has 0 amide bonds. The first-order valence-corrected chi connectivity index (χ1v) is 16.9. The maximum atomic E-state index is 7.25. The van der Waals surface area contributed by atoms with Crippen LogP contribution in [0.1, 0.15) is 85.5 Å². The number of hydrogen-bond donors (Lipinski definition) is 4. The Morgan fingerprint density at radius 2 is 1.76 bits per heavy atom. The van der Waals surface area contributed by atoms with Crippen LogP contribution in [-0.2, 0) is 0 Å². The Kier molecular flexibility index (Phi) is 8.84. The minimum atomic E-state index is -0.00513. The van der Waals surface area contributed by atoms with Crippen molar-refractivity contribution in [3.63, 3.8) is 0 Å². The second-order valence-electron chi connectivity index (χ2n) is 14.5. The van der Waals surface area contributed by atoms with Crippen LogP contribution in [0.4, 0.5) is 0 Å². The Morgan fingerprint density at radius 3 is 2.50 bits per heavy atom. The average Bonchev–Trinajstić information content (AvgIpc) is 2.98. The lowest BCUT2D eigenvalue weighted by molar-refractivity contribution is 0.191. The highest BCUT2D eigenvalue weighted by Crippen LogP contribution is 2.42. The molecule has 9 atom stereocenters. The molecule has 5 N–H and O–H groups in total. The topological polar surface area (TPSA) is 62.1 Å². The molecule has 0 saturated heterocycles. The van der Waals surface area contributed by atoms with Gasteiger partial charge in [0.05, 0.1) is 0 Å². The fourth-order valence-electron chi connectivity index (χ4n) is 8.30. The third-order valence-electron chi connectivity index (χ3n) is 10.9. The Labute approximate surface area is 255 Å². The second-order valence-corrected chi connectivity index (χ2v) is 14.5. The monoisotopic (exact) mass is 566 g/mol. The summed E-state index contributed by atoms with van der Waals surface area (Å²) in [6, 6.07) is 0.556. The normalized spacial score (nSPS) is 40.3. The SMILES string of the molecule is CC1C=C(C2=CC(C3(C)C=CC=CC3)NC(NC3CCC(C4=CC=CC(C)C4)=C(N)C3C3C=CC(C)CC3)N2)CCC1. The molecule has 1 aliphatic heterocycles. The first-order valence-electron chi connectivity index (χ1n) is 16.9. The van der Waals surface area contributed by atoms with Gasteiger partial charge in [-0.2, -0.15) is 0 Å². The number of allylic oxidation sites excluding steroid dienone is 12. The van der Waals surface area contributed by atoms with Gasteiger partial charge >= 0.3 is 0 Å². The van der Waals surface area contributed by atoms with Crippen LogP contribution in [-0.4, -0.2) is 18.4 Å². The summed E-state index contributed by atoms with van der Waals surface area (Å²) in [4.78, 5) is 0. The molecular formula is C38H54N4. The minimum Gasteiger partial charge on any atom is -0.402 e. The van der Waals surface area contributed by atoms with E-state index in [1.807, 2.05) is 0 Å². The Morgan fingerprint density at radius 1 is 0.881 bits per heavy atom. The van der Waals surface area contributed by atoms with E-state index in [1.165, 1.54) is 48.1 Å². The van der Waals surface area contributed by atoms with Crippen LogP contribution in [0.2, 0.25) is 0 Å². The summed E-state index contributed by atoms with van der Waals surface area (Å²) < 4.78 is 0. The zero-order valence-corrected chi connectivity index (χ0v) is 26.4. The van der Waals surface area contributed by atoms with Crippen LogP contribution in [0, 0.1) is 35.0 Å². The van der Waals surface area contributed by atoms with Crippen LogP contribution in [0.15, 0.2) is 94.9 Å². The lowest BCUT2D eigenvalue weighted by Gasteiger charge is -2.46. The average molecular weight is 567 g/mol. The summed E-state index contributed by atoms with van der Waals surface area (Å²) in [5.74, 6) is 2.66. The van der Waals surface area contributed by atoms with E-state index in [0.717, 1.165) is 37.8 Å². The largest absolute Gasteiger partial charge is 0.402 e. The molecule has 0 fully saturated rings. The Balaban J connectivity index is 1.29. The van der Waals surface area contributed by atoms with Crippen molar-refractivity contribution in [3.05, 3.63) is 94.9 Å². The minimum absolute atomic E-state index is 0.00513. The molecule has 0 bridgehead atoms.